The summed E-state index contributed by atoms with van der Waals surface area (Å²) in [7, 11) is 4.65. The van der Waals surface area contributed by atoms with Crippen molar-refractivity contribution in [1.29, 1.82) is 0 Å². The Morgan fingerprint density at radius 1 is 1.17 bits per heavy atom. The minimum absolute atomic E-state index is 0.252. The normalized spacial score (nSPS) is 18.3. The first-order chi connectivity index (χ1) is 11.5. The minimum atomic E-state index is -0.605. The topological polar surface area (TPSA) is 66.6 Å². The van der Waals surface area contributed by atoms with Gasteiger partial charge in [0, 0.05) is 17.2 Å². The van der Waals surface area contributed by atoms with Crippen LogP contribution in [0.1, 0.15) is 6.42 Å². The predicted octanol–water partition coefficient (Wildman–Crippen LogP) is 4.05. The highest BCUT2D eigenvalue weighted by molar-refractivity contribution is 7.99. The Bertz CT molecular complexity index is 713. The summed E-state index contributed by atoms with van der Waals surface area (Å²) in [5.41, 5.74) is 0.680. The molecule has 0 radical (unpaired) electrons. The Labute approximate surface area is 153 Å². The van der Waals surface area contributed by atoms with E-state index in [0.29, 0.717) is 33.9 Å². The Morgan fingerprint density at radius 3 is 2.29 bits per heavy atom. The molecule has 0 N–H and O–H groups in total. The first kappa shape index (κ1) is 17.5. The molecule has 3 rings (SSSR count). The number of methoxy groups -OCH3 is 3. The van der Waals surface area contributed by atoms with Gasteiger partial charge in [-0.1, -0.05) is 11.8 Å². The first-order valence-corrected chi connectivity index (χ1v) is 8.87. The quantitative estimate of drug-likeness (QED) is 0.521. The van der Waals surface area contributed by atoms with Crippen molar-refractivity contribution in [3.05, 3.63) is 12.1 Å². The third-order valence-corrected chi connectivity index (χ3v) is 5.59. The molecule has 1 heterocycles. The predicted molar refractivity (Wildman–Crippen MR) is 92.7 cm³/mol. The van der Waals surface area contributed by atoms with E-state index >= 15 is 0 Å². The van der Waals surface area contributed by atoms with E-state index in [4.69, 9.17) is 41.8 Å². The van der Waals surface area contributed by atoms with Gasteiger partial charge in [0.2, 0.25) is 11.6 Å². The lowest BCUT2D eigenvalue weighted by Gasteiger charge is -2.12. The molecule has 1 fully saturated rings. The van der Waals surface area contributed by atoms with Crippen molar-refractivity contribution in [3.8, 4) is 28.7 Å². The highest BCUT2D eigenvalue weighted by atomic mass is 35.5. The Hall–Kier alpha value is -1.31. The third kappa shape index (κ3) is 3.53. The number of rotatable bonds is 7. The van der Waals surface area contributed by atoms with Crippen molar-refractivity contribution < 1.29 is 18.6 Å². The van der Waals surface area contributed by atoms with Gasteiger partial charge in [-0.3, -0.25) is 0 Å². The molecule has 0 amide bonds. The van der Waals surface area contributed by atoms with Crippen LogP contribution in [0.2, 0.25) is 0 Å². The van der Waals surface area contributed by atoms with E-state index in [2.05, 4.69) is 10.2 Å². The summed E-state index contributed by atoms with van der Waals surface area (Å²) in [5, 5.41) is 8.58. The van der Waals surface area contributed by atoms with Crippen LogP contribution in [0.5, 0.6) is 17.2 Å². The molecule has 2 aromatic rings. The number of hydrogen-bond donors (Lipinski definition) is 0. The van der Waals surface area contributed by atoms with Crippen LogP contribution in [0.25, 0.3) is 11.5 Å². The average molecular weight is 391 g/mol. The van der Waals surface area contributed by atoms with Gasteiger partial charge in [0.25, 0.3) is 5.22 Å². The highest BCUT2D eigenvalue weighted by Gasteiger charge is 2.51. The van der Waals surface area contributed by atoms with Gasteiger partial charge < -0.3 is 18.6 Å². The van der Waals surface area contributed by atoms with Crippen molar-refractivity contribution in [3.63, 3.8) is 0 Å². The summed E-state index contributed by atoms with van der Waals surface area (Å²) >= 11 is 13.5. The monoisotopic (exact) mass is 390 g/mol. The number of thioether (sulfide) groups is 1. The van der Waals surface area contributed by atoms with Crippen LogP contribution in [-0.2, 0) is 0 Å². The van der Waals surface area contributed by atoms with Gasteiger partial charge in [0.15, 0.2) is 11.5 Å². The van der Waals surface area contributed by atoms with Crippen molar-refractivity contribution in [2.75, 3.05) is 27.1 Å². The number of ether oxygens (including phenoxy) is 3. The van der Waals surface area contributed by atoms with Gasteiger partial charge in [-0.15, -0.1) is 33.4 Å². The molecule has 1 atom stereocenters. The fourth-order valence-corrected chi connectivity index (χ4v) is 3.90. The van der Waals surface area contributed by atoms with E-state index < -0.39 is 4.33 Å². The van der Waals surface area contributed by atoms with Crippen molar-refractivity contribution >= 4 is 35.0 Å². The lowest BCUT2D eigenvalue weighted by atomic mass is 10.2. The summed E-state index contributed by atoms with van der Waals surface area (Å²) in [5.74, 6) is 2.91. The summed E-state index contributed by atoms with van der Waals surface area (Å²) in [4.78, 5) is 0. The van der Waals surface area contributed by atoms with E-state index in [1.165, 1.54) is 11.8 Å². The summed E-state index contributed by atoms with van der Waals surface area (Å²) < 4.78 is 21.0. The van der Waals surface area contributed by atoms with E-state index in [1.807, 2.05) is 0 Å². The number of nitrogens with zero attached hydrogens (tertiary/aromatic N) is 2. The zero-order valence-electron chi connectivity index (χ0n) is 13.3. The fourth-order valence-electron chi connectivity index (χ4n) is 2.21. The molecule has 1 aliphatic rings. The lowest BCUT2D eigenvalue weighted by Crippen LogP contribution is -1.95. The largest absolute Gasteiger partial charge is 0.493 e. The molecule has 9 heteroatoms. The molecule has 1 aromatic carbocycles. The van der Waals surface area contributed by atoms with Crippen LogP contribution in [0.15, 0.2) is 21.8 Å². The average Bonchev–Trinajstić information content (AvgIpc) is 2.98. The van der Waals surface area contributed by atoms with Crippen molar-refractivity contribution in [1.82, 2.24) is 10.2 Å². The van der Waals surface area contributed by atoms with Crippen LogP contribution in [0.4, 0.5) is 0 Å². The minimum Gasteiger partial charge on any atom is -0.493 e. The Balaban J connectivity index is 1.79. The molecule has 0 unspecified atom stereocenters. The molecule has 0 saturated heterocycles. The second-order valence-electron chi connectivity index (χ2n) is 5.26. The van der Waals surface area contributed by atoms with Crippen molar-refractivity contribution in [2.45, 2.75) is 16.0 Å². The van der Waals surface area contributed by atoms with E-state index in [9.17, 15) is 0 Å². The standard InChI is InChI=1S/C15H16Cl2N2O4S/c1-20-10-4-8(5-11(21-2)12(10)22-3)13-18-19-14(23-13)24-7-9-6-15(9,16)17/h4-5,9H,6-7H2,1-3H3/t9-/m0/s1. The Kier molecular flexibility index (Phi) is 5.03. The molecule has 24 heavy (non-hydrogen) atoms. The second-order valence-corrected chi connectivity index (χ2v) is 7.77. The fraction of sp³-hybridized carbons (Fsp3) is 0.467. The van der Waals surface area contributed by atoms with Crippen LogP contribution in [-0.4, -0.2) is 41.6 Å². The Morgan fingerprint density at radius 2 is 1.79 bits per heavy atom. The second kappa shape index (κ2) is 6.90. The molecule has 130 valence electrons. The van der Waals surface area contributed by atoms with Crippen LogP contribution >= 0.6 is 35.0 Å². The molecule has 1 aliphatic carbocycles. The highest BCUT2D eigenvalue weighted by Crippen LogP contribution is 2.54. The maximum absolute atomic E-state index is 6.02. The molecular weight excluding hydrogens is 375 g/mol. The molecule has 6 nitrogen and oxygen atoms in total. The third-order valence-electron chi connectivity index (χ3n) is 3.68. The van der Waals surface area contributed by atoms with E-state index in [-0.39, 0.29) is 5.92 Å². The van der Waals surface area contributed by atoms with Gasteiger partial charge in [-0.05, 0) is 18.6 Å². The smallest absolute Gasteiger partial charge is 0.276 e. The number of alkyl halides is 2. The lowest BCUT2D eigenvalue weighted by molar-refractivity contribution is 0.324. The molecule has 0 aliphatic heterocycles. The van der Waals surface area contributed by atoms with Gasteiger partial charge >= 0.3 is 0 Å². The SMILES string of the molecule is COc1cc(-c2nnc(SC[C@@H]3CC3(Cl)Cl)o2)cc(OC)c1OC. The van der Waals surface area contributed by atoms with E-state index in [1.54, 1.807) is 33.5 Å². The number of aromatic nitrogens is 2. The number of hydrogen-bond acceptors (Lipinski definition) is 7. The molecular formula is C15H16Cl2N2O4S. The van der Waals surface area contributed by atoms with Gasteiger partial charge in [0.1, 0.15) is 4.33 Å². The van der Waals surface area contributed by atoms with Gasteiger partial charge in [0.05, 0.1) is 21.3 Å². The number of benzene rings is 1. The van der Waals surface area contributed by atoms with Crippen LogP contribution in [0.3, 0.4) is 0 Å². The van der Waals surface area contributed by atoms with Crippen molar-refractivity contribution in [2.24, 2.45) is 5.92 Å². The van der Waals surface area contributed by atoms with Gasteiger partial charge in [-0.2, -0.15) is 0 Å². The van der Waals surface area contributed by atoms with Crippen LogP contribution < -0.4 is 14.2 Å². The summed E-state index contributed by atoms with van der Waals surface area (Å²) in [6.45, 7) is 0. The zero-order valence-corrected chi connectivity index (χ0v) is 15.7. The zero-order chi connectivity index (χ0) is 17.3. The van der Waals surface area contributed by atoms with Crippen LogP contribution in [0, 0.1) is 5.92 Å². The maximum Gasteiger partial charge on any atom is 0.276 e. The summed E-state index contributed by atoms with van der Waals surface area (Å²) in [6.07, 6.45) is 0.789. The van der Waals surface area contributed by atoms with Gasteiger partial charge in [-0.25, -0.2) is 0 Å². The molecule has 1 saturated carbocycles. The molecule has 0 bridgehead atoms. The van der Waals surface area contributed by atoms with E-state index in [0.717, 1.165) is 12.2 Å². The molecule has 1 aromatic heterocycles. The molecule has 0 spiro atoms. The summed E-state index contributed by atoms with van der Waals surface area (Å²) in [6, 6.07) is 3.51. The number of halogens is 2. The first-order valence-electron chi connectivity index (χ1n) is 7.13. The maximum atomic E-state index is 6.02.